The molecule has 0 amide bonds. The zero-order valence-corrected chi connectivity index (χ0v) is 18.2. The first-order chi connectivity index (χ1) is 14.6. The van der Waals surface area contributed by atoms with E-state index in [0.717, 1.165) is 16.3 Å². The topological polar surface area (TPSA) is 51.1 Å². The monoisotopic (exact) mass is 440 g/mol. The molecule has 2 aromatic rings. The minimum atomic E-state index is -0.384. The Morgan fingerprint density at radius 3 is 2.77 bits per heavy atom. The van der Waals surface area contributed by atoms with Gasteiger partial charge >= 0.3 is 5.97 Å². The van der Waals surface area contributed by atoms with Crippen LogP contribution in [0.25, 0.3) is 0 Å². The molecule has 2 aliphatic rings. The molecule has 7 heteroatoms. The normalized spacial score (nSPS) is 17.6. The van der Waals surface area contributed by atoms with Gasteiger partial charge in [-0.15, -0.1) is 0 Å². The lowest BCUT2D eigenvalue weighted by Crippen LogP contribution is -2.34. The van der Waals surface area contributed by atoms with Crippen LogP contribution in [0, 0.1) is 0 Å². The highest BCUT2D eigenvalue weighted by molar-refractivity contribution is 8.16. The Hall–Kier alpha value is -2.70. The Labute approximate surface area is 185 Å². The fourth-order valence-electron chi connectivity index (χ4n) is 3.49. The second-order valence-corrected chi connectivity index (χ2v) is 8.02. The quantitative estimate of drug-likeness (QED) is 0.540. The van der Waals surface area contributed by atoms with Crippen molar-refractivity contribution >= 4 is 34.5 Å². The first-order valence-electron chi connectivity index (χ1n) is 9.63. The van der Waals surface area contributed by atoms with Gasteiger partial charge in [0.1, 0.15) is 12.4 Å². The van der Waals surface area contributed by atoms with Crippen LogP contribution in [0.1, 0.15) is 31.0 Å². The van der Waals surface area contributed by atoms with Crippen molar-refractivity contribution in [1.29, 1.82) is 0 Å². The van der Waals surface area contributed by atoms with Crippen LogP contribution in [0.15, 0.2) is 76.4 Å². The van der Waals surface area contributed by atoms with E-state index in [9.17, 15) is 4.79 Å². The number of halogens is 1. The minimum absolute atomic E-state index is 0.300. The van der Waals surface area contributed by atoms with Gasteiger partial charge in [-0.3, -0.25) is 0 Å². The van der Waals surface area contributed by atoms with Crippen molar-refractivity contribution in [2.45, 2.75) is 26.5 Å². The summed E-state index contributed by atoms with van der Waals surface area (Å²) in [5, 5.41) is 3.44. The third kappa shape index (κ3) is 3.98. The number of carbonyl (C=O) groups is 1. The van der Waals surface area contributed by atoms with Crippen molar-refractivity contribution in [3.8, 4) is 5.75 Å². The molecular weight excluding hydrogens is 420 g/mol. The molecule has 0 aromatic heterocycles. The number of amidine groups is 1. The van der Waals surface area contributed by atoms with Crippen molar-refractivity contribution in [2.24, 2.45) is 4.99 Å². The largest absolute Gasteiger partial charge is 0.488 e. The molecule has 2 aromatic carbocycles. The number of hydrogen-bond acceptors (Lipinski definition) is 6. The second-order valence-electron chi connectivity index (χ2n) is 6.74. The molecule has 1 atom stereocenters. The lowest BCUT2D eigenvalue weighted by atomic mass is 9.94. The number of allylic oxidation sites excluding steroid dienone is 1. The molecule has 2 heterocycles. The number of ether oxygens (including phenoxy) is 2. The van der Waals surface area contributed by atoms with E-state index in [1.165, 1.54) is 11.8 Å². The maximum atomic E-state index is 12.9. The van der Waals surface area contributed by atoms with Crippen molar-refractivity contribution < 1.29 is 14.3 Å². The van der Waals surface area contributed by atoms with E-state index in [-0.39, 0.29) is 12.0 Å². The first-order valence-corrected chi connectivity index (χ1v) is 10.9. The summed E-state index contributed by atoms with van der Waals surface area (Å²) < 4.78 is 11.5. The van der Waals surface area contributed by atoms with E-state index in [2.05, 4.69) is 4.99 Å². The van der Waals surface area contributed by atoms with Gasteiger partial charge in [0.2, 0.25) is 0 Å². The van der Waals surface area contributed by atoms with Crippen LogP contribution in [0.3, 0.4) is 0 Å². The predicted molar refractivity (Wildman–Crippen MR) is 120 cm³/mol. The lowest BCUT2D eigenvalue weighted by Gasteiger charge is -2.34. The molecule has 0 fully saturated rings. The maximum absolute atomic E-state index is 12.9. The van der Waals surface area contributed by atoms with Gasteiger partial charge < -0.3 is 14.4 Å². The summed E-state index contributed by atoms with van der Waals surface area (Å²) in [6.45, 7) is 4.27. The van der Waals surface area contributed by atoms with Gasteiger partial charge in [0.25, 0.3) is 0 Å². The van der Waals surface area contributed by atoms with Crippen LogP contribution in [0.4, 0.5) is 0 Å². The third-order valence-corrected chi connectivity index (χ3v) is 6.01. The molecule has 0 saturated heterocycles. The number of para-hydroxylation sites is 1. The van der Waals surface area contributed by atoms with E-state index in [0.29, 0.717) is 35.3 Å². The third-order valence-electron chi connectivity index (χ3n) is 4.87. The van der Waals surface area contributed by atoms with Crippen molar-refractivity contribution in [3.05, 3.63) is 87.6 Å². The zero-order valence-electron chi connectivity index (χ0n) is 16.7. The van der Waals surface area contributed by atoms with Crippen LogP contribution in [0.2, 0.25) is 5.02 Å². The Kier molecular flexibility index (Phi) is 6.16. The number of esters is 1. The minimum Gasteiger partial charge on any atom is -0.488 e. The van der Waals surface area contributed by atoms with E-state index in [1.54, 1.807) is 6.92 Å². The summed E-state index contributed by atoms with van der Waals surface area (Å²) in [5.74, 6) is 0.317. The van der Waals surface area contributed by atoms with E-state index < -0.39 is 0 Å². The molecule has 2 aliphatic heterocycles. The SMILES string of the molecule is CCOC(=O)C1=C(C)N=C2SC=CN2[C@H]1c1ccccc1OCc1ccccc1Cl. The van der Waals surface area contributed by atoms with Crippen LogP contribution >= 0.6 is 23.4 Å². The molecule has 4 rings (SSSR count). The van der Waals surface area contributed by atoms with Gasteiger partial charge in [0.05, 0.1) is 23.9 Å². The molecule has 0 spiro atoms. The molecule has 154 valence electrons. The second kappa shape index (κ2) is 8.98. The van der Waals surface area contributed by atoms with Crippen LogP contribution < -0.4 is 4.74 Å². The van der Waals surface area contributed by atoms with E-state index >= 15 is 0 Å². The fourth-order valence-corrected chi connectivity index (χ4v) is 4.47. The van der Waals surface area contributed by atoms with E-state index in [1.807, 2.05) is 72.0 Å². The summed E-state index contributed by atoms with van der Waals surface area (Å²) in [6, 6.07) is 14.9. The molecular formula is C23H21ClN2O3S. The molecule has 0 bridgehead atoms. The number of thioether (sulfide) groups is 1. The van der Waals surface area contributed by atoms with Gasteiger partial charge in [0.15, 0.2) is 5.17 Å². The van der Waals surface area contributed by atoms with Crippen molar-refractivity contribution in [3.63, 3.8) is 0 Å². The van der Waals surface area contributed by atoms with Gasteiger partial charge in [0, 0.05) is 22.3 Å². The molecule has 0 aliphatic carbocycles. The zero-order chi connectivity index (χ0) is 21.1. The van der Waals surface area contributed by atoms with Crippen LogP contribution in [-0.2, 0) is 16.1 Å². The van der Waals surface area contributed by atoms with Gasteiger partial charge in [-0.25, -0.2) is 9.79 Å². The van der Waals surface area contributed by atoms with Gasteiger partial charge in [-0.1, -0.05) is 59.8 Å². The fraction of sp³-hybridized carbons (Fsp3) is 0.217. The number of fused-ring (bicyclic) bond motifs is 1. The number of nitrogens with zero attached hydrogens (tertiary/aromatic N) is 2. The highest BCUT2D eigenvalue weighted by Crippen LogP contribution is 2.43. The standard InChI is InChI=1S/C23H21ClN2O3S/c1-3-28-22(27)20-15(2)25-23-26(12-13-30-23)21(20)17-9-5-7-11-19(17)29-14-16-8-4-6-10-18(16)24/h4-13,21H,3,14H2,1-2H3/t21-/m0/s1. The Bertz CT molecular complexity index is 1060. The average molecular weight is 441 g/mol. The van der Waals surface area contributed by atoms with Crippen LogP contribution in [-0.4, -0.2) is 22.6 Å². The first kappa shape index (κ1) is 20.6. The Balaban J connectivity index is 1.72. The van der Waals surface area contributed by atoms with Crippen molar-refractivity contribution in [2.75, 3.05) is 6.61 Å². The van der Waals surface area contributed by atoms with Gasteiger partial charge in [-0.05, 0) is 31.4 Å². The highest BCUT2D eigenvalue weighted by Gasteiger charge is 2.38. The molecule has 0 saturated carbocycles. The number of benzene rings is 2. The lowest BCUT2D eigenvalue weighted by molar-refractivity contribution is -0.139. The Morgan fingerprint density at radius 2 is 1.97 bits per heavy atom. The molecule has 5 nitrogen and oxygen atoms in total. The summed E-state index contributed by atoms with van der Waals surface area (Å²) in [5.41, 5.74) is 2.93. The average Bonchev–Trinajstić information content (AvgIpc) is 3.20. The number of carbonyl (C=O) groups excluding carboxylic acids is 1. The van der Waals surface area contributed by atoms with Gasteiger partial charge in [-0.2, -0.15) is 0 Å². The smallest absolute Gasteiger partial charge is 0.338 e. The predicted octanol–water partition coefficient (Wildman–Crippen LogP) is 5.69. The molecule has 0 unspecified atom stereocenters. The maximum Gasteiger partial charge on any atom is 0.338 e. The number of aliphatic imine (C=N–C) groups is 1. The highest BCUT2D eigenvalue weighted by atomic mass is 35.5. The molecule has 0 radical (unpaired) electrons. The Morgan fingerprint density at radius 1 is 1.20 bits per heavy atom. The summed E-state index contributed by atoms with van der Waals surface area (Å²) in [6.07, 6.45) is 1.94. The summed E-state index contributed by atoms with van der Waals surface area (Å²) >= 11 is 7.81. The summed E-state index contributed by atoms with van der Waals surface area (Å²) in [7, 11) is 0. The summed E-state index contributed by atoms with van der Waals surface area (Å²) in [4.78, 5) is 19.4. The van der Waals surface area contributed by atoms with E-state index in [4.69, 9.17) is 21.1 Å². The van der Waals surface area contributed by atoms with Crippen LogP contribution in [0.5, 0.6) is 5.75 Å². The molecule has 30 heavy (non-hydrogen) atoms. The number of rotatable bonds is 6. The number of hydrogen-bond donors (Lipinski definition) is 0. The molecule has 0 N–H and O–H groups in total. The van der Waals surface area contributed by atoms with Crippen molar-refractivity contribution in [1.82, 2.24) is 4.90 Å².